The average Bonchev–Trinajstić information content (AvgIpc) is 3.30. The lowest BCUT2D eigenvalue weighted by Gasteiger charge is -2.18. The van der Waals surface area contributed by atoms with E-state index in [0.717, 1.165) is 109 Å². The average molecular weight is 907 g/mol. The molecule has 0 spiro atoms. The van der Waals surface area contributed by atoms with E-state index in [-0.39, 0.29) is 31.1 Å². The quantitative estimate of drug-likeness (QED) is 0.0262. The van der Waals surface area contributed by atoms with Crippen LogP contribution >= 0.6 is 0 Å². The topological polar surface area (TPSA) is 78.9 Å². The van der Waals surface area contributed by atoms with Crippen LogP contribution in [0.15, 0.2) is 72.9 Å². The van der Waals surface area contributed by atoms with Crippen molar-refractivity contribution in [3.05, 3.63) is 72.9 Å². The number of hydrogen-bond acceptors (Lipinski definition) is 6. The van der Waals surface area contributed by atoms with Crippen molar-refractivity contribution in [2.75, 3.05) is 13.2 Å². The maximum atomic E-state index is 12.8. The van der Waals surface area contributed by atoms with Crippen LogP contribution < -0.4 is 0 Å². The maximum absolute atomic E-state index is 12.8. The van der Waals surface area contributed by atoms with Gasteiger partial charge in [-0.1, -0.05) is 229 Å². The summed E-state index contributed by atoms with van der Waals surface area (Å²) in [5, 5.41) is 0. The molecule has 0 aliphatic rings. The maximum Gasteiger partial charge on any atom is 0.306 e. The standard InChI is InChI=1S/C59H102O6/c1-4-7-10-13-16-19-22-25-28-29-32-35-38-41-44-47-50-53-59(62)65-56(54-63-57(60)51-48-45-42-39-36-33-30-26-23-20-17-14-11-8-5-2)55-64-58(61)52-49-46-43-40-37-34-31-27-24-21-18-15-12-9-6-3/h8,11,17-18,20-21,26-27,30-31,36,39,56H,4-7,9-10,12-16,19,22-25,28-29,32-35,37-38,40-55H2,1-3H3/b11-8-,20-17-,21-18-,30-26-,31-27-,39-36-/t56-/m1/s1. The van der Waals surface area contributed by atoms with Crippen molar-refractivity contribution in [2.24, 2.45) is 0 Å². The highest BCUT2D eigenvalue weighted by molar-refractivity contribution is 5.71. The highest BCUT2D eigenvalue weighted by Crippen LogP contribution is 2.16. The van der Waals surface area contributed by atoms with Gasteiger partial charge in [-0.25, -0.2) is 0 Å². The summed E-state index contributed by atoms with van der Waals surface area (Å²) in [5.41, 5.74) is 0. The number of hydrogen-bond donors (Lipinski definition) is 0. The van der Waals surface area contributed by atoms with Crippen molar-refractivity contribution in [1.82, 2.24) is 0 Å². The smallest absolute Gasteiger partial charge is 0.306 e. The van der Waals surface area contributed by atoms with E-state index in [2.05, 4.69) is 93.7 Å². The van der Waals surface area contributed by atoms with Crippen molar-refractivity contribution in [2.45, 2.75) is 271 Å². The van der Waals surface area contributed by atoms with Crippen molar-refractivity contribution in [3.8, 4) is 0 Å². The van der Waals surface area contributed by atoms with Crippen LogP contribution in [0, 0.1) is 0 Å². The van der Waals surface area contributed by atoms with E-state index in [1.807, 2.05) is 0 Å². The second kappa shape index (κ2) is 53.5. The second-order valence-corrected chi connectivity index (χ2v) is 18.1. The first-order chi connectivity index (χ1) is 32.0. The van der Waals surface area contributed by atoms with Gasteiger partial charge in [0.15, 0.2) is 6.10 Å². The fourth-order valence-electron chi connectivity index (χ4n) is 7.58. The van der Waals surface area contributed by atoms with Gasteiger partial charge in [0.2, 0.25) is 0 Å². The zero-order valence-electron chi connectivity index (χ0n) is 42.7. The lowest BCUT2D eigenvalue weighted by Crippen LogP contribution is -2.30. The Morgan fingerprint density at radius 3 is 1.00 bits per heavy atom. The number of ether oxygens (including phenoxy) is 3. The van der Waals surface area contributed by atoms with Crippen LogP contribution in [0.5, 0.6) is 0 Å². The molecule has 65 heavy (non-hydrogen) atoms. The SMILES string of the molecule is CC/C=C\C/C=C\C/C=C\C/C=C\CCCCC(=O)OC[C@H](COC(=O)CCCCCCC/C=C\C/C=C\CCCCC)OC(=O)CCCCCCCCCCCCCCCCCCC. The molecule has 0 unspecified atom stereocenters. The zero-order chi connectivity index (χ0) is 47.2. The van der Waals surface area contributed by atoms with E-state index < -0.39 is 6.10 Å². The van der Waals surface area contributed by atoms with E-state index in [1.165, 1.54) is 116 Å². The van der Waals surface area contributed by atoms with Crippen molar-refractivity contribution in [3.63, 3.8) is 0 Å². The summed E-state index contributed by atoms with van der Waals surface area (Å²) < 4.78 is 16.8. The molecule has 0 radical (unpaired) electrons. The molecule has 374 valence electrons. The monoisotopic (exact) mass is 907 g/mol. The molecule has 6 heteroatoms. The van der Waals surface area contributed by atoms with Gasteiger partial charge in [-0.2, -0.15) is 0 Å². The molecule has 0 aliphatic carbocycles. The summed E-state index contributed by atoms with van der Waals surface area (Å²) in [6, 6.07) is 0. The third-order valence-electron chi connectivity index (χ3n) is 11.7. The number of carbonyl (C=O) groups is 3. The summed E-state index contributed by atoms with van der Waals surface area (Å²) in [6.07, 6.45) is 67.4. The summed E-state index contributed by atoms with van der Waals surface area (Å²) >= 11 is 0. The third-order valence-corrected chi connectivity index (χ3v) is 11.7. The van der Waals surface area contributed by atoms with Crippen LogP contribution in [0.1, 0.15) is 265 Å². The number of unbranched alkanes of at least 4 members (excludes halogenated alkanes) is 26. The highest BCUT2D eigenvalue weighted by atomic mass is 16.6. The molecule has 6 nitrogen and oxygen atoms in total. The van der Waals surface area contributed by atoms with Gasteiger partial charge in [0.05, 0.1) is 0 Å². The van der Waals surface area contributed by atoms with E-state index in [1.54, 1.807) is 0 Å². The Morgan fingerprint density at radius 1 is 0.323 bits per heavy atom. The second-order valence-electron chi connectivity index (χ2n) is 18.1. The zero-order valence-corrected chi connectivity index (χ0v) is 42.7. The van der Waals surface area contributed by atoms with Gasteiger partial charge >= 0.3 is 17.9 Å². The van der Waals surface area contributed by atoms with E-state index in [4.69, 9.17) is 14.2 Å². The van der Waals surface area contributed by atoms with Gasteiger partial charge in [0.25, 0.3) is 0 Å². The predicted molar refractivity (Wildman–Crippen MR) is 279 cm³/mol. The fourth-order valence-corrected chi connectivity index (χ4v) is 7.58. The van der Waals surface area contributed by atoms with Crippen molar-refractivity contribution >= 4 is 17.9 Å². The molecule has 0 aromatic heterocycles. The largest absolute Gasteiger partial charge is 0.462 e. The first-order valence-corrected chi connectivity index (χ1v) is 27.4. The lowest BCUT2D eigenvalue weighted by molar-refractivity contribution is -0.167. The fraction of sp³-hybridized carbons (Fsp3) is 0.746. The lowest BCUT2D eigenvalue weighted by atomic mass is 10.0. The molecule has 0 saturated carbocycles. The minimum absolute atomic E-state index is 0.0943. The number of rotatable bonds is 49. The van der Waals surface area contributed by atoms with Crippen molar-refractivity contribution in [1.29, 1.82) is 0 Å². The molecule has 0 bridgehead atoms. The van der Waals surface area contributed by atoms with Crippen LogP contribution in [0.3, 0.4) is 0 Å². The van der Waals surface area contributed by atoms with Crippen LogP contribution in [-0.2, 0) is 28.6 Å². The Balaban J connectivity index is 4.44. The summed E-state index contributed by atoms with van der Waals surface area (Å²) in [6.45, 7) is 6.47. The van der Waals surface area contributed by atoms with E-state index >= 15 is 0 Å². The van der Waals surface area contributed by atoms with Crippen LogP contribution in [0.25, 0.3) is 0 Å². The Hall–Kier alpha value is -3.15. The molecular weight excluding hydrogens is 805 g/mol. The normalized spacial score (nSPS) is 12.6. The molecule has 0 amide bonds. The van der Waals surface area contributed by atoms with Gasteiger partial charge in [-0.3, -0.25) is 14.4 Å². The first-order valence-electron chi connectivity index (χ1n) is 27.4. The molecule has 0 aliphatic heterocycles. The highest BCUT2D eigenvalue weighted by Gasteiger charge is 2.19. The molecule has 0 fully saturated rings. The van der Waals surface area contributed by atoms with Crippen LogP contribution in [-0.4, -0.2) is 37.2 Å². The third kappa shape index (κ3) is 51.7. The molecule has 0 saturated heterocycles. The number of allylic oxidation sites excluding steroid dienone is 12. The minimum Gasteiger partial charge on any atom is -0.462 e. The Kier molecular flexibility index (Phi) is 50.9. The van der Waals surface area contributed by atoms with Crippen LogP contribution in [0.4, 0.5) is 0 Å². The van der Waals surface area contributed by atoms with Gasteiger partial charge in [0.1, 0.15) is 13.2 Å². The minimum atomic E-state index is -0.796. The summed E-state index contributed by atoms with van der Waals surface area (Å²) in [5.74, 6) is -0.942. The Bertz CT molecular complexity index is 1230. The van der Waals surface area contributed by atoms with E-state index in [0.29, 0.717) is 19.3 Å². The van der Waals surface area contributed by atoms with Crippen molar-refractivity contribution < 1.29 is 28.6 Å². The van der Waals surface area contributed by atoms with Gasteiger partial charge in [-0.15, -0.1) is 0 Å². The predicted octanol–water partition coefficient (Wildman–Crippen LogP) is 18.2. The molecule has 1 atom stereocenters. The Labute approximate surface area is 402 Å². The van der Waals surface area contributed by atoms with Gasteiger partial charge in [-0.05, 0) is 89.9 Å². The van der Waals surface area contributed by atoms with E-state index in [9.17, 15) is 14.4 Å². The van der Waals surface area contributed by atoms with Gasteiger partial charge < -0.3 is 14.2 Å². The van der Waals surface area contributed by atoms with Crippen LogP contribution in [0.2, 0.25) is 0 Å². The molecule has 0 aromatic carbocycles. The molecule has 0 heterocycles. The first kappa shape index (κ1) is 61.9. The molecular formula is C59H102O6. The Morgan fingerprint density at radius 2 is 0.600 bits per heavy atom. The molecule has 0 rings (SSSR count). The molecule has 0 N–H and O–H groups in total. The molecule has 0 aromatic rings. The number of carbonyl (C=O) groups excluding carboxylic acids is 3. The summed E-state index contributed by atoms with van der Waals surface area (Å²) in [4.78, 5) is 38.1. The van der Waals surface area contributed by atoms with Gasteiger partial charge in [0, 0.05) is 19.3 Å². The summed E-state index contributed by atoms with van der Waals surface area (Å²) in [7, 11) is 0. The number of esters is 3.